The van der Waals surface area contributed by atoms with Gasteiger partial charge in [-0.15, -0.1) is 0 Å². The Labute approximate surface area is 151 Å². The zero-order chi connectivity index (χ0) is 19.5. The van der Waals surface area contributed by atoms with Gasteiger partial charge in [-0.05, 0) is 18.1 Å². The molecule has 0 saturated carbocycles. The van der Waals surface area contributed by atoms with E-state index in [2.05, 4.69) is 5.32 Å². The number of hydrogen-bond acceptors (Lipinski definition) is 5. The first-order chi connectivity index (χ1) is 12.1. The number of sulfonamides is 1. The highest BCUT2D eigenvalue weighted by molar-refractivity contribution is 7.88. The van der Waals surface area contributed by atoms with E-state index in [9.17, 15) is 23.3 Å². The van der Waals surface area contributed by atoms with E-state index in [0.29, 0.717) is 11.1 Å². The van der Waals surface area contributed by atoms with E-state index in [1.807, 2.05) is 0 Å². The number of nitrogens with zero attached hydrogens (tertiary/aromatic N) is 2. The fourth-order valence-corrected chi connectivity index (χ4v) is 3.01. The van der Waals surface area contributed by atoms with Crippen LogP contribution in [0.5, 0.6) is 0 Å². The van der Waals surface area contributed by atoms with Crippen molar-refractivity contribution in [2.45, 2.75) is 13.0 Å². The number of benzene rings is 2. The summed E-state index contributed by atoms with van der Waals surface area (Å²) in [6.45, 7) is 1.69. The SMILES string of the molecule is Cc1ccc([N+](=O)[O-])cc1NC(=O)[C@@H](c1ccccc1)N(C)S(C)(=O)=O. The van der Waals surface area contributed by atoms with Crippen LogP contribution in [0.3, 0.4) is 0 Å². The lowest BCUT2D eigenvalue weighted by molar-refractivity contribution is -0.384. The molecular weight excluding hydrogens is 358 g/mol. The third-order valence-electron chi connectivity index (χ3n) is 3.94. The lowest BCUT2D eigenvalue weighted by Gasteiger charge is -2.26. The summed E-state index contributed by atoms with van der Waals surface area (Å²) < 4.78 is 24.9. The third kappa shape index (κ3) is 4.44. The van der Waals surface area contributed by atoms with Crippen molar-refractivity contribution in [1.82, 2.24) is 4.31 Å². The summed E-state index contributed by atoms with van der Waals surface area (Å²) >= 11 is 0. The minimum atomic E-state index is -3.65. The summed E-state index contributed by atoms with van der Waals surface area (Å²) in [5.41, 5.74) is 1.20. The highest BCUT2D eigenvalue weighted by Crippen LogP contribution is 2.26. The molecule has 0 spiro atoms. The minimum Gasteiger partial charge on any atom is -0.324 e. The molecular formula is C17H19N3O5S. The van der Waals surface area contributed by atoms with Gasteiger partial charge < -0.3 is 5.32 Å². The molecule has 0 radical (unpaired) electrons. The average Bonchev–Trinajstić information content (AvgIpc) is 2.57. The fraction of sp³-hybridized carbons (Fsp3) is 0.235. The van der Waals surface area contributed by atoms with Crippen molar-refractivity contribution in [3.63, 3.8) is 0 Å². The molecule has 2 aromatic rings. The van der Waals surface area contributed by atoms with E-state index in [1.54, 1.807) is 37.3 Å². The van der Waals surface area contributed by atoms with Crippen LogP contribution in [0, 0.1) is 17.0 Å². The number of aryl methyl sites for hydroxylation is 1. The van der Waals surface area contributed by atoms with Gasteiger partial charge in [-0.2, -0.15) is 4.31 Å². The second kappa shape index (κ2) is 7.63. The van der Waals surface area contributed by atoms with Crippen LogP contribution in [0.4, 0.5) is 11.4 Å². The van der Waals surface area contributed by atoms with E-state index in [4.69, 9.17) is 0 Å². The summed E-state index contributed by atoms with van der Waals surface area (Å²) in [6.07, 6.45) is 1.01. The van der Waals surface area contributed by atoms with E-state index < -0.39 is 26.9 Å². The standard InChI is InChI=1S/C17H19N3O5S/c1-12-9-10-14(20(22)23)11-15(12)18-17(21)16(19(2)26(3,24)25)13-7-5-4-6-8-13/h4-11,16H,1-3H3,(H,18,21)/t16-/m1/s1. The van der Waals surface area contributed by atoms with Gasteiger partial charge >= 0.3 is 0 Å². The topological polar surface area (TPSA) is 110 Å². The van der Waals surface area contributed by atoms with Crippen molar-refractivity contribution >= 4 is 27.3 Å². The van der Waals surface area contributed by atoms with E-state index in [-0.39, 0.29) is 11.4 Å². The van der Waals surface area contributed by atoms with Crippen LogP contribution in [0.15, 0.2) is 48.5 Å². The number of rotatable bonds is 6. The number of anilines is 1. The van der Waals surface area contributed by atoms with Crippen LogP contribution in [0.2, 0.25) is 0 Å². The quantitative estimate of drug-likeness (QED) is 0.614. The Hall–Kier alpha value is -2.78. The summed E-state index contributed by atoms with van der Waals surface area (Å²) in [7, 11) is -2.34. The largest absolute Gasteiger partial charge is 0.324 e. The van der Waals surface area contributed by atoms with Crippen LogP contribution in [-0.4, -0.2) is 36.9 Å². The van der Waals surface area contributed by atoms with Crippen molar-refractivity contribution in [3.05, 3.63) is 69.8 Å². The van der Waals surface area contributed by atoms with Gasteiger partial charge in [0.1, 0.15) is 6.04 Å². The maximum atomic E-state index is 12.8. The third-order valence-corrected chi connectivity index (χ3v) is 5.20. The maximum absolute atomic E-state index is 12.8. The van der Waals surface area contributed by atoms with Gasteiger partial charge in [-0.1, -0.05) is 36.4 Å². The monoisotopic (exact) mass is 377 g/mol. The Bertz CT molecular complexity index is 929. The molecule has 0 saturated heterocycles. The molecule has 0 fully saturated rings. The van der Waals surface area contributed by atoms with Gasteiger partial charge in [0.15, 0.2) is 0 Å². The Balaban J connectivity index is 2.42. The first-order valence-corrected chi connectivity index (χ1v) is 9.50. The maximum Gasteiger partial charge on any atom is 0.271 e. The predicted octanol–water partition coefficient (Wildman–Crippen LogP) is 2.47. The van der Waals surface area contributed by atoms with Gasteiger partial charge in [0.25, 0.3) is 5.69 Å². The molecule has 0 aliphatic heterocycles. The van der Waals surface area contributed by atoms with Crippen molar-refractivity contribution in [2.75, 3.05) is 18.6 Å². The Morgan fingerprint density at radius 3 is 2.35 bits per heavy atom. The molecule has 0 aromatic heterocycles. The summed E-state index contributed by atoms with van der Waals surface area (Å²) in [5, 5.41) is 13.6. The second-order valence-corrected chi connectivity index (χ2v) is 7.88. The van der Waals surface area contributed by atoms with Crippen molar-refractivity contribution in [3.8, 4) is 0 Å². The number of likely N-dealkylation sites (N-methyl/N-ethyl adjacent to an activating group) is 1. The number of carbonyl (C=O) groups excluding carboxylic acids is 1. The molecule has 138 valence electrons. The van der Waals surface area contributed by atoms with Crippen LogP contribution in [0.25, 0.3) is 0 Å². The van der Waals surface area contributed by atoms with Gasteiger partial charge in [0, 0.05) is 19.2 Å². The minimum absolute atomic E-state index is 0.168. The average molecular weight is 377 g/mol. The number of nitro benzene ring substituents is 1. The summed E-state index contributed by atoms with van der Waals surface area (Å²) in [5.74, 6) is -0.604. The number of hydrogen-bond donors (Lipinski definition) is 1. The molecule has 0 heterocycles. The molecule has 0 unspecified atom stereocenters. The molecule has 1 atom stereocenters. The van der Waals surface area contributed by atoms with Crippen LogP contribution < -0.4 is 5.32 Å². The first-order valence-electron chi connectivity index (χ1n) is 7.65. The number of nitrogens with one attached hydrogen (secondary N) is 1. The second-order valence-electron chi connectivity index (χ2n) is 5.84. The molecule has 2 aromatic carbocycles. The Morgan fingerprint density at radius 2 is 1.81 bits per heavy atom. The molecule has 1 amide bonds. The molecule has 8 nitrogen and oxygen atoms in total. The summed E-state index contributed by atoms with van der Waals surface area (Å²) in [4.78, 5) is 23.2. The highest BCUT2D eigenvalue weighted by Gasteiger charge is 2.31. The van der Waals surface area contributed by atoms with Crippen LogP contribution in [-0.2, 0) is 14.8 Å². The molecule has 1 N–H and O–H groups in total. The number of nitro groups is 1. The van der Waals surface area contributed by atoms with Crippen molar-refractivity contribution in [1.29, 1.82) is 0 Å². The molecule has 2 rings (SSSR count). The van der Waals surface area contributed by atoms with Gasteiger partial charge in [-0.25, -0.2) is 8.42 Å². The van der Waals surface area contributed by atoms with Crippen molar-refractivity contribution < 1.29 is 18.1 Å². The number of non-ortho nitro benzene ring substituents is 1. The lowest BCUT2D eigenvalue weighted by atomic mass is 10.1. The fourth-order valence-electron chi connectivity index (χ4n) is 2.41. The number of amides is 1. The zero-order valence-electron chi connectivity index (χ0n) is 14.5. The van der Waals surface area contributed by atoms with Gasteiger partial charge in [-0.3, -0.25) is 14.9 Å². The molecule has 0 aliphatic carbocycles. The molecule has 0 aliphatic rings. The molecule has 9 heteroatoms. The van der Waals surface area contributed by atoms with Crippen LogP contribution in [0.1, 0.15) is 17.2 Å². The van der Waals surface area contributed by atoms with E-state index in [0.717, 1.165) is 10.6 Å². The Kier molecular flexibility index (Phi) is 5.73. The predicted molar refractivity (Wildman–Crippen MR) is 98.3 cm³/mol. The first kappa shape index (κ1) is 19.5. The molecule has 26 heavy (non-hydrogen) atoms. The van der Waals surface area contributed by atoms with Gasteiger partial charge in [0.05, 0.1) is 16.9 Å². The smallest absolute Gasteiger partial charge is 0.271 e. The number of carbonyl (C=O) groups is 1. The van der Waals surface area contributed by atoms with E-state index in [1.165, 1.54) is 25.2 Å². The zero-order valence-corrected chi connectivity index (χ0v) is 15.4. The lowest BCUT2D eigenvalue weighted by Crippen LogP contribution is -2.38. The van der Waals surface area contributed by atoms with Gasteiger partial charge in [0.2, 0.25) is 15.9 Å². The van der Waals surface area contributed by atoms with E-state index >= 15 is 0 Å². The molecule has 0 bridgehead atoms. The normalized spacial score (nSPS) is 12.6. The van der Waals surface area contributed by atoms with Crippen molar-refractivity contribution in [2.24, 2.45) is 0 Å². The summed E-state index contributed by atoms with van der Waals surface area (Å²) in [6, 6.07) is 11.4. The Morgan fingerprint density at radius 1 is 1.19 bits per heavy atom. The highest BCUT2D eigenvalue weighted by atomic mass is 32.2. The van der Waals surface area contributed by atoms with Crippen LogP contribution >= 0.6 is 0 Å².